The Balaban J connectivity index is 1.40. The van der Waals surface area contributed by atoms with Crippen LogP contribution in [0, 0.1) is 23.6 Å². The summed E-state index contributed by atoms with van der Waals surface area (Å²) in [5.74, 6) is 0.0557. The molecule has 3 amide bonds. The van der Waals surface area contributed by atoms with Gasteiger partial charge in [0.15, 0.2) is 0 Å². The average molecular weight is 390 g/mol. The molecule has 4 atom stereocenters. The highest BCUT2D eigenvalue weighted by Crippen LogP contribution is 2.52. The minimum Gasteiger partial charge on any atom is -0.442 e. The highest BCUT2D eigenvalue weighted by molar-refractivity contribution is 5.90. The fraction of sp³-hybridized carbons (Fsp3) is 0.526. The Hall–Kier alpha value is -2.84. The van der Waals surface area contributed by atoms with Crippen LogP contribution in [0.5, 0.6) is 0 Å². The van der Waals surface area contributed by atoms with E-state index in [1.54, 1.807) is 19.2 Å². The minimum atomic E-state index is -0.557. The number of nitrogens with one attached hydrogen (secondary N) is 2. The first-order chi connectivity index (χ1) is 13.4. The zero-order valence-electron chi connectivity index (χ0n) is 15.8. The quantitative estimate of drug-likeness (QED) is 0.773. The van der Waals surface area contributed by atoms with E-state index in [9.17, 15) is 18.8 Å². The summed E-state index contributed by atoms with van der Waals surface area (Å²) in [5.41, 5.74) is 0.901. The number of rotatable bonds is 5. The topological polar surface area (TPSA) is 91.0 Å². The molecule has 3 fully saturated rings. The lowest BCUT2D eigenvalue weighted by Gasteiger charge is -2.23. The molecule has 0 spiro atoms. The van der Waals surface area contributed by atoms with Gasteiger partial charge in [0.25, 0.3) is 0 Å². The predicted octanol–water partition coefficient (Wildman–Crippen LogP) is 0.715. The van der Waals surface area contributed by atoms with E-state index in [0.29, 0.717) is 24.5 Å². The van der Waals surface area contributed by atoms with Gasteiger partial charge in [0.1, 0.15) is 11.9 Å². The summed E-state index contributed by atoms with van der Waals surface area (Å²) >= 11 is 0. The Bertz CT molecular complexity index is 820. The van der Waals surface area contributed by atoms with Gasteiger partial charge in [-0.3, -0.25) is 14.5 Å². The number of ether oxygens (including phenoxy) is 1. The molecular weight excluding hydrogens is 367 g/mol. The normalized spacial score (nSPS) is 28.0. The predicted molar refractivity (Wildman–Crippen MR) is 99.4 cm³/mol. The molecule has 0 radical (unpaired) electrons. The van der Waals surface area contributed by atoms with Crippen LogP contribution in [0.4, 0.5) is 20.6 Å². The molecule has 3 aliphatic rings. The maximum absolute atomic E-state index is 14.7. The number of piperidine rings is 1. The summed E-state index contributed by atoms with van der Waals surface area (Å²) in [5, 5.41) is 5.29. The van der Waals surface area contributed by atoms with Gasteiger partial charge in [-0.05, 0) is 30.0 Å². The molecule has 28 heavy (non-hydrogen) atoms. The summed E-state index contributed by atoms with van der Waals surface area (Å²) in [7, 11) is 1.64. The van der Waals surface area contributed by atoms with Crippen LogP contribution in [-0.2, 0) is 14.3 Å². The highest BCUT2D eigenvalue weighted by Gasteiger charge is 2.59. The summed E-state index contributed by atoms with van der Waals surface area (Å²) in [6.07, 6.45) is -1.02. The summed E-state index contributed by atoms with van der Waals surface area (Å²) in [4.78, 5) is 38.2. The summed E-state index contributed by atoms with van der Waals surface area (Å²) < 4.78 is 20.0. The number of carbonyl (C=O) groups excluding carboxylic acids is 3. The van der Waals surface area contributed by atoms with Crippen LogP contribution >= 0.6 is 0 Å². The van der Waals surface area contributed by atoms with E-state index in [1.807, 2.05) is 4.90 Å². The van der Waals surface area contributed by atoms with Gasteiger partial charge in [0.2, 0.25) is 11.8 Å². The number of benzene rings is 1. The zero-order valence-corrected chi connectivity index (χ0v) is 15.8. The van der Waals surface area contributed by atoms with Crippen LogP contribution in [-0.4, -0.2) is 57.2 Å². The molecule has 2 aliphatic heterocycles. The smallest absolute Gasteiger partial charge is 0.414 e. The molecular formula is C19H23FN4O4. The van der Waals surface area contributed by atoms with E-state index in [-0.39, 0.29) is 42.7 Å². The first kappa shape index (κ1) is 18.5. The van der Waals surface area contributed by atoms with Gasteiger partial charge >= 0.3 is 6.09 Å². The second kappa shape index (κ2) is 6.96. The van der Waals surface area contributed by atoms with Crippen molar-refractivity contribution in [3.63, 3.8) is 0 Å². The van der Waals surface area contributed by atoms with Crippen LogP contribution < -0.4 is 20.4 Å². The van der Waals surface area contributed by atoms with Crippen molar-refractivity contribution < 1.29 is 23.5 Å². The number of hydrogen-bond donors (Lipinski definition) is 2. The van der Waals surface area contributed by atoms with Crippen molar-refractivity contribution in [3.05, 3.63) is 24.0 Å². The molecule has 2 saturated heterocycles. The Morgan fingerprint density at radius 3 is 2.57 bits per heavy atom. The molecule has 2 heterocycles. The number of fused-ring (bicyclic) bond motifs is 1. The number of halogens is 1. The number of anilines is 2. The monoisotopic (exact) mass is 390 g/mol. The van der Waals surface area contributed by atoms with Crippen molar-refractivity contribution >= 4 is 29.3 Å². The third-order valence-electron chi connectivity index (χ3n) is 5.78. The standard InChI is InChI=1S/C19H23FN4O4/c1-10(25)22-6-12-7-24(19(27)28-12)11-3-4-16(15(20)5-11)23-8-13-14(9-23)17(13)18(26)21-2/h3-5,12-14,17H,6-9H2,1-2H3,(H,21,26)(H,22,25)/t12-,13-,14+,17?/m0/s1. The highest BCUT2D eigenvalue weighted by atomic mass is 19.1. The van der Waals surface area contributed by atoms with Crippen molar-refractivity contribution in [1.29, 1.82) is 0 Å². The Morgan fingerprint density at radius 2 is 1.96 bits per heavy atom. The molecule has 8 nitrogen and oxygen atoms in total. The maximum Gasteiger partial charge on any atom is 0.414 e. The van der Waals surface area contributed by atoms with Crippen LogP contribution in [0.3, 0.4) is 0 Å². The third kappa shape index (κ3) is 3.25. The third-order valence-corrected chi connectivity index (χ3v) is 5.78. The van der Waals surface area contributed by atoms with Crippen LogP contribution in [0.15, 0.2) is 18.2 Å². The van der Waals surface area contributed by atoms with Crippen LogP contribution in [0.2, 0.25) is 0 Å². The fourth-order valence-corrected chi connectivity index (χ4v) is 4.30. The number of amides is 3. The Labute approximate surface area is 162 Å². The molecule has 1 aromatic carbocycles. The van der Waals surface area contributed by atoms with E-state index in [0.717, 1.165) is 0 Å². The number of hydrogen-bond acceptors (Lipinski definition) is 5. The first-order valence-corrected chi connectivity index (χ1v) is 9.37. The molecule has 0 aromatic heterocycles. The maximum atomic E-state index is 14.7. The SMILES string of the molecule is CNC(=O)C1[C@H]2CN(c3ccc(N4C[C@H](CNC(C)=O)OC4=O)cc3F)C[C@@H]12. The average Bonchev–Trinajstić information content (AvgIpc) is 2.99. The molecule has 1 unspecified atom stereocenters. The number of nitrogens with zero attached hydrogens (tertiary/aromatic N) is 2. The zero-order chi connectivity index (χ0) is 20.0. The minimum absolute atomic E-state index is 0.0449. The lowest BCUT2D eigenvalue weighted by Crippen LogP contribution is -2.33. The van der Waals surface area contributed by atoms with E-state index in [2.05, 4.69) is 10.6 Å². The lowest BCUT2D eigenvalue weighted by molar-refractivity contribution is -0.122. The van der Waals surface area contributed by atoms with Gasteiger partial charge in [-0.2, -0.15) is 0 Å². The van der Waals surface area contributed by atoms with Crippen LogP contribution in [0.25, 0.3) is 0 Å². The van der Waals surface area contributed by atoms with E-state index in [1.165, 1.54) is 17.9 Å². The lowest BCUT2D eigenvalue weighted by atomic mass is 10.2. The van der Waals surface area contributed by atoms with Crippen molar-refractivity contribution in [2.45, 2.75) is 13.0 Å². The Kier molecular flexibility index (Phi) is 4.60. The molecule has 4 rings (SSSR count). The van der Waals surface area contributed by atoms with Crippen LogP contribution in [0.1, 0.15) is 6.92 Å². The number of cyclic esters (lactones) is 1. The first-order valence-electron chi connectivity index (χ1n) is 9.37. The van der Waals surface area contributed by atoms with Crippen molar-refractivity contribution in [3.8, 4) is 0 Å². The molecule has 2 N–H and O–H groups in total. The van der Waals surface area contributed by atoms with Gasteiger partial charge in [0.05, 0.1) is 24.5 Å². The van der Waals surface area contributed by atoms with Gasteiger partial charge < -0.3 is 20.3 Å². The molecule has 9 heteroatoms. The van der Waals surface area contributed by atoms with E-state index < -0.39 is 18.0 Å². The second-order valence-corrected chi connectivity index (χ2v) is 7.56. The van der Waals surface area contributed by atoms with Gasteiger partial charge in [0, 0.05) is 33.0 Å². The van der Waals surface area contributed by atoms with E-state index >= 15 is 0 Å². The fourth-order valence-electron chi connectivity index (χ4n) is 4.30. The molecule has 150 valence electrons. The molecule has 1 saturated carbocycles. The molecule has 1 aliphatic carbocycles. The van der Waals surface area contributed by atoms with Gasteiger partial charge in [-0.25, -0.2) is 9.18 Å². The molecule has 0 bridgehead atoms. The van der Waals surface area contributed by atoms with Gasteiger partial charge in [-0.15, -0.1) is 0 Å². The second-order valence-electron chi connectivity index (χ2n) is 7.56. The Morgan fingerprint density at radius 1 is 1.25 bits per heavy atom. The summed E-state index contributed by atoms with van der Waals surface area (Å²) in [6, 6.07) is 4.69. The summed E-state index contributed by atoms with van der Waals surface area (Å²) in [6.45, 7) is 3.18. The van der Waals surface area contributed by atoms with Gasteiger partial charge in [-0.1, -0.05) is 0 Å². The van der Waals surface area contributed by atoms with Crippen molar-refractivity contribution in [2.24, 2.45) is 17.8 Å². The number of carbonyl (C=O) groups is 3. The van der Waals surface area contributed by atoms with Crippen molar-refractivity contribution in [1.82, 2.24) is 10.6 Å². The largest absolute Gasteiger partial charge is 0.442 e. The van der Waals surface area contributed by atoms with E-state index in [4.69, 9.17) is 4.74 Å². The molecule has 1 aromatic rings. The van der Waals surface area contributed by atoms with Crippen molar-refractivity contribution in [2.75, 3.05) is 43.0 Å².